The Morgan fingerprint density at radius 1 is 1.55 bits per heavy atom. The van der Waals surface area contributed by atoms with Gasteiger partial charge in [0.25, 0.3) is 0 Å². The number of nitrogens with one attached hydrogen (secondary N) is 2. The summed E-state index contributed by atoms with van der Waals surface area (Å²) >= 11 is 0. The molecule has 1 atom stereocenters. The number of rotatable bonds is 2. The highest BCUT2D eigenvalue weighted by Gasteiger charge is 2.38. The molecule has 0 unspecified atom stereocenters. The summed E-state index contributed by atoms with van der Waals surface area (Å²) in [5.41, 5.74) is 1.26. The van der Waals surface area contributed by atoms with E-state index in [-0.39, 0.29) is 12.1 Å². The number of aliphatic hydroxyl groups is 1. The Labute approximate surface area is 128 Å². The normalized spacial score (nSPS) is 18.9. The number of amides is 2. The second-order valence-corrected chi connectivity index (χ2v) is 6.38. The number of aromatic nitrogens is 3. The molecular weight excluding hydrogens is 282 g/mol. The monoisotopic (exact) mass is 303 g/mol. The van der Waals surface area contributed by atoms with E-state index >= 15 is 0 Å². The van der Waals surface area contributed by atoms with Crippen molar-refractivity contribution in [3.05, 3.63) is 18.0 Å². The van der Waals surface area contributed by atoms with Crippen molar-refractivity contribution < 1.29 is 9.90 Å². The summed E-state index contributed by atoms with van der Waals surface area (Å²) in [4.78, 5) is 18.4. The third-order valence-electron chi connectivity index (χ3n) is 4.18. The molecule has 0 aliphatic carbocycles. The van der Waals surface area contributed by atoms with Gasteiger partial charge in [0.15, 0.2) is 5.65 Å². The van der Waals surface area contributed by atoms with E-state index in [0.717, 1.165) is 23.9 Å². The number of aryl methyl sites for hydroxylation is 1. The molecule has 7 nitrogen and oxygen atoms in total. The fourth-order valence-electron chi connectivity index (χ4n) is 3.03. The summed E-state index contributed by atoms with van der Waals surface area (Å²) in [6.45, 7) is 6.05. The van der Waals surface area contributed by atoms with Gasteiger partial charge in [-0.3, -0.25) is 5.10 Å². The lowest BCUT2D eigenvalue weighted by atomic mass is 9.97. The molecule has 0 bridgehead atoms. The Morgan fingerprint density at radius 3 is 3.05 bits per heavy atom. The van der Waals surface area contributed by atoms with Crippen molar-refractivity contribution in [3.63, 3.8) is 0 Å². The molecule has 1 fully saturated rings. The van der Waals surface area contributed by atoms with Gasteiger partial charge in [0.05, 0.1) is 23.5 Å². The predicted molar refractivity (Wildman–Crippen MR) is 83.7 cm³/mol. The molecule has 0 spiro atoms. The first-order valence-electron chi connectivity index (χ1n) is 7.47. The van der Waals surface area contributed by atoms with Crippen molar-refractivity contribution in [2.24, 2.45) is 0 Å². The minimum atomic E-state index is -0.906. The summed E-state index contributed by atoms with van der Waals surface area (Å²) in [7, 11) is 0. The number of urea groups is 1. The summed E-state index contributed by atoms with van der Waals surface area (Å²) in [5.74, 6) is 0. The van der Waals surface area contributed by atoms with Crippen molar-refractivity contribution in [1.29, 1.82) is 0 Å². The third-order valence-corrected chi connectivity index (χ3v) is 4.18. The molecule has 0 saturated carbocycles. The number of aromatic amines is 1. The molecule has 1 aliphatic heterocycles. The highest BCUT2D eigenvalue weighted by molar-refractivity contribution is 5.92. The number of nitrogens with zero attached hydrogens (tertiary/aromatic N) is 3. The maximum Gasteiger partial charge on any atom is 0.322 e. The van der Waals surface area contributed by atoms with Gasteiger partial charge >= 0.3 is 6.03 Å². The number of pyridine rings is 1. The molecule has 0 aromatic carbocycles. The molecule has 3 N–H and O–H groups in total. The van der Waals surface area contributed by atoms with Gasteiger partial charge in [-0.15, -0.1) is 0 Å². The molecular formula is C15H21N5O2. The number of carbonyl (C=O) groups excluding carboxylic acids is 1. The van der Waals surface area contributed by atoms with Crippen molar-refractivity contribution in [2.75, 3.05) is 11.9 Å². The summed E-state index contributed by atoms with van der Waals surface area (Å²) in [6, 6.07) is 1.49. The van der Waals surface area contributed by atoms with Crippen LogP contribution >= 0.6 is 0 Å². The van der Waals surface area contributed by atoms with Crippen LogP contribution < -0.4 is 5.32 Å². The summed E-state index contributed by atoms with van der Waals surface area (Å²) in [5, 5.41) is 20.9. The predicted octanol–water partition coefficient (Wildman–Crippen LogP) is 2.03. The van der Waals surface area contributed by atoms with Crippen LogP contribution in [0.15, 0.2) is 12.3 Å². The van der Waals surface area contributed by atoms with Crippen LogP contribution in [0.5, 0.6) is 0 Å². The van der Waals surface area contributed by atoms with Crippen LogP contribution in [0.25, 0.3) is 11.0 Å². The van der Waals surface area contributed by atoms with Crippen LogP contribution in [0.2, 0.25) is 0 Å². The molecule has 7 heteroatoms. The van der Waals surface area contributed by atoms with Gasteiger partial charge < -0.3 is 15.3 Å². The fourth-order valence-corrected chi connectivity index (χ4v) is 3.03. The SMILES string of the molecule is Cc1[nH]nc2ncc(NC(=O)N3CCC[C@H]3C(C)(C)O)cc12. The van der Waals surface area contributed by atoms with Gasteiger partial charge in [0.2, 0.25) is 0 Å². The molecule has 2 amide bonds. The van der Waals surface area contributed by atoms with Gasteiger partial charge in [-0.1, -0.05) is 0 Å². The van der Waals surface area contributed by atoms with Crippen LogP contribution in [0.3, 0.4) is 0 Å². The smallest absolute Gasteiger partial charge is 0.322 e. The lowest BCUT2D eigenvalue weighted by molar-refractivity contribution is 0.0117. The lowest BCUT2D eigenvalue weighted by Gasteiger charge is -2.33. The molecule has 3 heterocycles. The van der Waals surface area contributed by atoms with Crippen molar-refractivity contribution in [3.8, 4) is 0 Å². The van der Waals surface area contributed by atoms with E-state index in [0.29, 0.717) is 17.9 Å². The maximum atomic E-state index is 12.5. The molecule has 2 aromatic heterocycles. The van der Waals surface area contributed by atoms with Gasteiger partial charge in [-0.25, -0.2) is 9.78 Å². The molecule has 2 aromatic rings. The first kappa shape index (κ1) is 14.8. The molecule has 0 radical (unpaired) electrons. The quantitative estimate of drug-likeness (QED) is 0.791. The fraction of sp³-hybridized carbons (Fsp3) is 0.533. The third kappa shape index (κ3) is 2.64. The zero-order valence-corrected chi connectivity index (χ0v) is 13.1. The first-order valence-corrected chi connectivity index (χ1v) is 7.47. The Bertz CT molecular complexity index is 704. The van der Waals surface area contributed by atoms with E-state index in [9.17, 15) is 9.90 Å². The molecule has 3 rings (SSSR count). The largest absolute Gasteiger partial charge is 0.388 e. The van der Waals surface area contributed by atoms with Crippen LogP contribution in [0.1, 0.15) is 32.4 Å². The summed E-state index contributed by atoms with van der Waals surface area (Å²) in [6.07, 6.45) is 3.31. The van der Waals surface area contributed by atoms with E-state index in [4.69, 9.17) is 0 Å². The summed E-state index contributed by atoms with van der Waals surface area (Å²) < 4.78 is 0. The maximum absolute atomic E-state index is 12.5. The molecule has 22 heavy (non-hydrogen) atoms. The van der Waals surface area contributed by atoms with Gasteiger partial charge in [-0.2, -0.15) is 5.10 Å². The number of likely N-dealkylation sites (tertiary alicyclic amines) is 1. The van der Waals surface area contributed by atoms with Crippen LogP contribution in [-0.2, 0) is 0 Å². The number of hydrogen-bond donors (Lipinski definition) is 3. The van der Waals surface area contributed by atoms with E-state index in [2.05, 4.69) is 20.5 Å². The number of carbonyl (C=O) groups is 1. The highest BCUT2D eigenvalue weighted by Crippen LogP contribution is 2.27. The number of hydrogen-bond acceptors (Lipinski definition) is 4. The minimum absolute atomic E-state index is 0.167. The zero-order chi connectivity index (χ0) is 15.9. The topological polar surface area (TPSA) is 94.1 Å². The average molecular weight is 303 g/mol. The number of H-pyrrole nitrogens is 1. The van der Waals surface area contributed by atoms with Gasteiger partial charge in [0.1, 0.15) is 0 Å². The average Bonchev–Trinajstić information content (AvgIpc) is 3.06. The van der Waals surface area contributed by atoms with Crippen LogP contribution in [0.4, 0.5) is 10.5 Å². The number of anilines is 1. The molecule has 118 valence electrons. The van der Waals surface area contributed by atoms with Crippen LogP contribution in [0, 0.1) is 6.92 Å². The van der Waals surface area contributed by atoms with E-state index in [1.165, 1.54) is 0 Å². The van der Waals surface area contributed by atoms with Gasteiger partial charge in [-0.05, 0) is 39.7 Å². The Morgan fingerprint density at radius 2 is 2.32 bits per heavy atom. The minimum Gasteiger partial charge on any atom is -0.388 e. The second-order valence-electron chi connectivity index (χ2n) is 6.38. The molecule has 1 saturated heterocycles. The second kappa shape index (κ2) is 5.24. The van der Waals surface area contributed by atoms with Crippen molar-refractivity contribution >= 4 is 22.8 Å². The van der Waals surface area contributed by atoms with Crippen molar-refractivity contribution in [2.45, 2.75) is 45.3 Å². The van der Waals surface area contributed by atoms with E-state index in [1.54, 1.807) is 24.9 Å². The Kier molecular flexibility index (Phi) is 3.52. The molecule has 1 aliphatic rings. The van der Waals surface area contributed by atoms with Crippen molar-refractivity contribution in [1.82, 2.24) is 20.1 Å². The first-order chi connectivity index (χ1) is 10.4. The van der Waals surface area contributed by atoms with E-state index in [1.807, 2.05) is 13.0 Å². The Balaban J connectivity index is 1.79. The highest BCUT2D eigenvalue weighted by atomic mass is 16.3. The Hall–Kier alpha value is -2.15. The van der Waals surface area contributed by atoms with Gasteiger partial charge in [0, 0.05) is 17.6 Å². The standard InChI is InChI=1S/C15H21N5O2/c1-9-11-7-10(8-16-13(11)19-18-9)17-14(21)20-6-4-5-12(20)15(2,3)22/h7-8,12,22H,4-6H2,1-3H3,(H,17,21)(H,16,18,19)/t12-/m0/s1. The van der Waals surface area contributed by atoms with Crippen LogP contribution in [-0.4, -0.2) is 49.4 Å². The lowest BCUT2D eigenvalue weighted by Crippen LogP contribution is -2.49. The van der Waals surface area contributed by atoms with E-state index < -0.39 is 5.60 Å². The zero-order valence-electron chi connectivity index (χ0n) is 13.1. The number of fused-ring (bicyclic) bond motifs is 1.